The summed E-state index contributed by atoms with van der Waals surface area (Å²) in [4.78, 5) is 9.71. The van der Waals surface area contributed by atoms with Gasteiger partial charge in [0.15, 0.2) is 9.84 Å². The minimum atomic E-state index is -3.55. The Balaban J connectivity index is 3.54. The quantitative estimate of drug-likeness (QED) is 0.616. The molecular formula is C10H10FNO4S. The average Bonchev–Trinajstić information content (AvgIpc) is 2.25. The molecule has 0 aliphatic heterocycles. The number of nitro benzene ring substituents is 1. The van der Waals surface area contributed by atoms with Crippen molar-refractivity contribution in [2.75, 3.05) is 6.26 Å². The fourth-order valence-electron chi connectivity index (χ4n) is 1.25. The molecule has 0 radical (unpaired) electrons. The van der Waals surface area contributed by atoms with Gasteiger partial charge in [-0.2, -0.15) is 0 Å². The molecule has 0 saturated carbocycles. The first-order valence-electron chi connectivity index (χ1n) is 4.58. The second kappa shape index (κ2) is 4.62. The van der Waals surface area contributed by atoms with Crippen LogP contribution in [-0.2, 0) is 9.84 Å². The Morgan fingerprint density at radius 2 is 2.06 bits per heavy atom. The van der Waals surface area contributed by atoms with Gasteiger partial charge in [-0.05, 0) is 19.1 Å². The number of rotatable bonds is 3. The van der Waals surface area contributed by atoms with E-state index in [1.165, 1.54) is 6.92 Å². The first-order valence-corrected chi connectivity index (χ1v) is 6.47. The highest BCUT2D eigenvalue weighted by Gasteiger charge is 2.20. The van der Waals surface area contributed by atoms with Gasteiger partial charge in [0.1, 0.15) is 5.83 Å². The average molecular weight is 259 g/mol. The number of nitro groups is 1. The fraction of sp³-hybridized carbons (Fsp3) is 0.200. The highest BCUT2D eigenvalue weighted by Crippen LogP contribution is 2.29. The lowest BCUT2D eigenvalue weighted by molar-refractivity contribution is -0.385. The van der Waals surface area contributed by atoms with Crippen LogP contribution in [0.3, 0.4) is 0 Å². The van der Waals surface area contributed by atoms with Crippen LogP contribution in [0.2, 0.25) is 0 Å². The standard InChI is InChI=1S/C10H10FNO4S/c1-3-9(11)8-5-4-7(17(2,15)16)6-10(8)12(13)14/h3-6H,1-2H3. The highest BCUT2D eigenvalue weighted by molar-refractivity contribution is 7.90. The van der Waals surface area contributed by atoms with Crippen molar-refractivity contribution in [1.82, 2.24) is 0 Å². The maximum Gasteiger partial charge on any atom is 0.280 e. The fourth-order valence-corrected chi connectivity index (χ4v) is 1.89. The number of allylic oxidation sites excluding steroid dienone is 1. The molecule has 0 fully saturated rings. The van der Waals surface area contributed by atoms with Crippen LogP contribution in [0, 0.1) is 10.1 Å². The topological polar surface area (TPSA) is 77.3 Å². The van der Waals surface area contributed by atoms with Gasteiger partial charge in [-0.25, -0.2) is 12.8 Å². The van der Waals surface area contributed by atoms with Crippen molar-refractivity contribution in [2.24, 2.45) is 0 Å². The van der Waals surface area contributed by atoms with Crippen LogP contribution in [0.25, 0.3) is 5.83 Å². The Morgan fingerprint density at radius 3 is 2.47 bits per heavy atom. The molecular weight excluding hydrogens is 249 g/mol. The first kappa shape index (κ1) is 13.3. The molecule has 1 aromatic carbocycles. The third kappa shape index (κ3) is 2.88. The van der Waals surface area contributed by atoms with E-state index in [0.717, 1.165) is 30.5 Å². The summed E-state index contributed by atoms with van der Waals surface area (Å²) in [5.74, 6) is -0.767. The van der Waals surface area contributed by atoms with E-state index in [1.807, 2.05) is 0 Å². The third-order valence-electron chi connectivity index (χ3n) is 2.10. The molecule has 0 N–H and O–H groups in total. The first-order chi connectivity index (χ1) is 7.77. The van der Waals surface area contributed by atoms with Gasteiger partial charge in [0.25, 0.3) is 5.69 Å². The van der Waals surface area contributed by atoms with Crippen molar-refractivity contribution in [1.29, 1.82) is 0 Å². The molecule has 0 bridgehead atoms. The van der Waals surface area contributed by atoms with Crippen molar-refractivity contribution < 1.29 is 17.7 Å². The van der Waals surface area contributed by atoms with E-state index in [0.29, 0.717) is 0 Å². The molecule has 0 aromatic heterocycles. The van der Waals surface area contributed by atoms with Gasteiger partial charge in [0.2, 0.25) is 0 Å². The monoisotopic (exact) mass is 259 g/mol. The van der Waals surface area contributed by atoms with Crippen molar-refractivity contribution in [3.63, 3.8) is 0 Å². The molecule has 5 nitrogen and oxygen atoms in total. The van der Waals surface area contributed by atoms with E-state index in [4.69, 9.17) is 0 Å². The van der Waals surface area contributed by atoms with Crippen LogP contribution in [0.5, 0.6) is 0 Å². The molecule has 0 unspecified atom stereocenters. The van der Waals surface area contributed by atoms with Crippen LogP contribution in [0.1, 0.15) is 12.5 Å². The Kier molecular flexibility index (Phi) is 3.62. The van der Waals surface area contributed by atoms with E-state index in [-0.39, 0.29) is 10.5 Å². The summed E-state index contributed by atoms with van der Waals surface area (Å²) >= 11 is 0. The Bertz CT molecular complexity index is 592. The number of hydrogen-bond donors (Lipinski definition) is 0. The summed E-state index contributed by atoms with van der Waals surface area (Å²) in [6, 6.07) is 3.08. The summed E-state index contributed by atoms with van der Waals surface area (Å²) in [6.07, 6.45) is 2.00. The van der Waals surface area contributed by atoms with Crippen LogP contribution in [0.4, 0.5) is 10.1 Å². The predicted octanol–water partition coefficient (Wildman–Crippen LogP) is 2.33. The number of halogens is 1. The lowest BCUT2D eigenvalue weighted by Gasteiger charge is -2.03. The zero-order valence-electron chi connectivity index (χ0n) is 9.18. The predicted molar refractivity (Wildman–Crippen MR) is 61.0 cm³/mol. The molecule has 0 spiro atoms. The zero-order chi connectivity index (χ0) is 13.2. The molecule has 92 valence electrons. The Hall–Kier alpha value is -1.76. The Labute approximate surface area is 97.6 Å². The summed E-state index contributed by atoms with van der Waals surface area (Å²) in [5.41, 5.74) is -0.798. The summed E-state index contributed by atoms with van der Waals surface area (Å²) in [7, 11) is -3.55. The van der Waals surface area contributed by atoms with Gasteiger partial charge in [0, 0.05) is 12.3 Å². The largest absolute Gasteiger partial charge is 0.280 e. The normalized spacial score (nSPS) is 12.5. The molecule has 1 rings (SSSR count). The molecule has 7 heteroatoms. The molecule has 0 atom stereocenters. The van der Waals surface area contributed by atoms with Crippen molar-refractivity contribution in [3.05, 3.63) is 40.0 Å². The molecule has 0 aliphatic carbocycles. The number of benzene rings is 1. The maximum atomic E-state index is 13.3. The maximum absolute atomic E-state index is 13.3. The van der Waals surface area contributed by atoms with Gasteiger partial charge in [-0.1, -0.05) is 6.08 Å². The lowest BCUT2D eigenvalue weighted by atomic mass is 10.1. The molecule has 0 saturated heterocycles. The van der Waals surface area contributed by atoms with Crippen molar-refractivity contribution in [2.45, 2.75) is 11.8 Å². The molecule has 0 aliphatic rings. The van der Waals surface area contributed by atoms with E-state index in [9.17, 15) is 22.9 Å². The number of hydrogen-bond acceptors (Lipinski definition) is 4. The van der Waals surface area contributed by atoms with Gasteiger partial charge in [-0.3, -0.25) is 10.1 Å². The summed E-state index contributed by atoms with van der Waals surface area (Å²) < 4.78 is 35.8. The van der Waals surface area contributed by atoms with Gasteiger partial charge >= 0.3 is 0 Å². The van der Waals surface area contributed by atoms with Gasteiger partial charge < -0.3 is 0 Å². The van der Waals surface area contributed by atoms with Crippen molar-refractivity contribution in [3.8, 4) is 0 Å². The molecule has 0 amide bonds. The van der Waals surface area contributed by atoms with E-state index < -0.39 is 26.3 Å². The van der Waals surface area contributed by atoms with Crippen LogP contribution < -0.4 is 0 Å². The molecule has 17 heavy (non-hydrogen) atoms. The van der Waals surface area contributed by atoms with Gasteiger partial charge in [0.05, 0.1) is 15.4 Å². The SMILES string of the molecule is CC=C(F)c1ccc(S(C)(=O)=O)cc1[N+](=O)[O-]. The Morgan fingerprint density at radius 1 is 1.47 bits per heavy atom. The van der Waals surface area contributed by atoms with E-state index in [1.54, 1.807) is 0 Å². The minimum Gasteiger partial charge on any atom is -0.258 e. The molecule has 1 aromatic rings. The van der Waals surface area contributed by atoms with Gasteiger partial charge in [-0.15, -0.1) is 0 Å². The number of nitrogens with zero attached hydrogens (tertiary/aromatic N) is 1. The highest BCUT2D eigenvalue weighted by atomic mass is 32.2. The summed E-state index contributed by atoms with van der Waals surface area (Å²) in [5, 5.41) is 10.7. The smallest absolute Gasteiger partial charge is 0.258 e. The number of sulfone groups is 1. The summed E-state index contributed by atoms with van der Waals surface area (Å²) in [6.45, 7) is 1.39. The van der Waals surface area contributed by atoms with E-state index >= 15 is 0 Å². The third-order valence-corrected chi connectivity index (χ3v) is 3.22. The van der Waals surface area contributed by atoms with Crippen LogP contribution in [0.15, 0.2) is 29.2 Å². The van der Waals surface area contributed by atoms with E-state index in [2.05, 4.69) is 0 Å². The molecule has 0 heterocycles. The van der Waals surface area contributed by atoms with Crippen molar-refractivity contribution >= 4 is 21.4 Å². The minimum absolute atomic E-state index is 0.211. The second-order valence-electron chi connectivity index (χ2n) is 3.34. The van der Waals surface area contributed by atoms with Crippen LogP contribution >= 0.6 is 0 Å². The van der Waals surface area contributed by atoms with Crippen LogP contribution in [-0.4, -0.2) is 19.6 Å². The zero-order valence-corrected chi connectivity index (χ0v) is 9.99. The lowest BCUT2D eigenvalue weighted by Crippen LogP contribution is -2.00. The second-order valence-corrected chi connectivity index (χ2v) is 5.36.